The first-order valence-corrected chi connectivity index (χ1v) is 9.91. The fourth-order valence-corrected chi connectivity index (χ4v) is 3.57. The third-order valence-corrected chi connectivity index (χ3v) is 5.42. The van der Waals surface area contributed by atoms with Crippen molar-refractivity contribution in [1.82, 2.24) is 10.6 Å². The Morgan fingerprint density at radius 2 is 1.87 bits per heavy atom. The Morgan fingerprint density at radius 1 is 1.17 bits per heavy atom. The van der Waals surface area contributed by atoms with Crippen LogP contribution in [0, 0.1) is 0 Å². The predicted molar refractivity (Wildman–Crippen MR) is 133 cm³/mol. The molecule has 6 nitrogen and oxygen atoms in total. The highest BCUT2D eigenvalue weighted by Gasteiger charge is 2.25. The number of halogens is 1. The molecule has 2 aromatic carbocycles. The molecule has 0 fully saturated rings. The Morgan fingerprint density at radius 3 is 2.53 bits per heavy atom. The highest BCUT2D eigenvalue weighted by molar-refractivity contribution is 14.0. The van der Waals surface area contributed by atoms with Crippen LogP contribution in [-0.4, -0.2) is 39.1 Å². The Bertz CT molecular complexity index is 881. The van der Waals surface area contributed by atoms with Gasteiger partial charge in [0.2, 0.25) is 5.91 Å². The van der Waals surface area contributed by atoms with E-state index in [2.05, 4.69) is 53.0 Å². The van der Waals surface area contributed by atoms with Gasteiger partial charge in [0.25, 0.3) is 0 Å². The number of nitrogens with one attached hydrogen (secondary N) is 3. The molecular weight excluding hydrogens is 491 g/mol. The lowest BCUT2D eigenvalue weighted by molar-refractivity contribution is -0.116. The summed E-state index contributed by atoms with van der Waals surface area (Å²) < 4.78 is 5.25. The summed E-state index contributed by atoms with van der Waals surface area (Å²) >= 11 is 0. The molecule has 0 bridgehead atoms. The molecule has 30 heavy (non-hydrogen) atoms. The van der Waals surface area contributed by atoms with Gasteiger partial charge in [-0.25, -0.2) is 0 Å². The van der Waals surface area contributed by atoms with Gasteiger partial charge in [-0.05, 0) is 29.3 Å². The van der Waals surface area contributed by atoms with Crippen molar-refractivity contribution in [2.24, 2.45) is 4.99 Å². The Balaban J connectivity index is 0.00000320. The zero-order valence-electron chi connectivity index (χ0n) is 18.0. The number of fused-ring (bicyclic) bond motifs is 1. The van der Waals surface area contributed by atoms with Crippen LogP contribution in [0.15, 0.2) is 53.5 Å². The van der Waals surface area contributed by atoms with Crippen molar-refractivity contribution >= 4 is 41.5 Å². The van der Waals surface area contributed by atoms with Gasteiger partial charge >= 0.3 is 0 Å². The number of hydrogen-bond acceptors (Lipinski definition) is 3. The zero-order chi connectivity index (χ0) is 20.9. The molecule has 1 atom stereocenters. The summed E-state index contributed by atoms with van der Waals surface area (Å²) in [4.78, 5) is 16.4. The van der Waals surface area contributed by atoms with Gasteiger partial charge in [-0.2, -0.15) is 0 Å². The first-order chi connectivity index (χ1) is 13.9. The molecule has 0 aliphatic carbocycles. The van der Waals surface area contributed by atoms with Crippen molar-refractivity contribution in [2.45, 2.75) is 31.6 Å². The monoisotopic (exact) mass is 522 g/mol. The molecule has 7 heteroatoms. The molecule has 0 spiro atoms. The third kappa shape index (κ3) is 5.87. The molecule has 1 aliphatic heterocycles. The number of amides is 1. The second-order valence-corrected chi connectivity index (χ2v) is 7.96. The van der Waals surface area contributed by atoms with Crippen molar-refractivity contribution in [2.75, 3.05) is 32.6 Å². The quantitative estimate of drug-likeness (QED) is 0.306. The lowest BCUT2D eigenvalue weighted by Crippen LogP contribution is -2.45. The average Bonchev–Trinajstić information content (AvgIpc) is 2.73. The van der Waals surface area contributed by atoms with Crippen molar-refractivity contribution in [3.8, 4) is 5.75 Å². The summed E-state index contributed by atoms with van der Waals surface area (Å²) in [5.74, 6) is 1.76. The fourth-order valence-electron chi connectivity index (χ4n) is 3.57. The number of hydrogen-bond donors (Lipinski definition) is 3. The second kappa shape index (κ2) is 10.7. The van der Waals surface area contributed by atoms with E-state index >= 15 is 0 Å². The van der Waals surface area contributed by atoms with Gasteiger partial charge in [-0.1, -0.05) is 44.2 Å². The Kier molecular flexibility index (Phi) is 8.52. The normalized spacial score (nSPS) is 16.1. The van der Waals surface area contributed by atoms with Crippen LogP contribution >= 0.6 is 24.0 Å². The van der Waals surface area contributed by atoms with Crippen LogP contribution in [0.5, 0.6) is 5.75 Å². The first kappa shape index (κ1) is 24.0. The summed E-state index contributed by atoms with van der Waals surface area (Å²) in [6, 6.07) is 16.1. The zero-order valence-corrected chi connectivity index (χ0v) is 20.3. The first-order valence-electron chi connectivity index (χ1n) is 9.91. The number of carbonyl (C=O) groups is 1. The molecule has 0 radical (unpaired) electrons. The van der Waals surface area contributed by atoms with Gasteiger partial charge in [0, 0.05) is 43.6 Å². The topological polar surface area (TPSA) is 74.8 Å². The van der Waals surface area contributed by atoms with Gasteiger partial charge in [0.05, 0.1) is 7.11 Å². The maximum absolute atomic E-state index is 12.0. The minimum absolute atomic E-state index is 0. The van der Waals surface area contributed by atoms with Gasteiger partial charge in [0.15, 0.2) is 5.96 Å². The van der Waals surface area contributed by atoms with E-state index in [9.17, 15) is 4.79 Å². The van der Waals surface area contributed by atoms with Crippen molar-refractivity contribution in [1.29, 1.82) is 0 Å². The predicted octanol–water partition coefficient (Wildman–Crippen LogP) is 3.88. The standard InChI is InChI=1S/C23H30N4O2.HI/c1-23(2,17-9-11-18(29-4)12-10-17)15-26-22(24-3)25-14-16-13-21(28)27-20-8-6-5-7-19(16)20;/h5-12,16H,13-15H2,1-4H3,(H,27,28)(H2,24,25,26);1H. The molecule has 0 saturated carbocycles. The number of carbonyl (C=O) groups excluding carboxylic acids is 1. The van der Waals surface area contributed by atoms with Gasteiger partial charge in [-0.3, -0.25) is 9.79 Å². The van der Waals surface area contributed by atoms with E-state index < -0.39 is 0 Å². The molecule has 1 heterocycles. The minimum Gasteiger partial charge on any atom is -0.497 e. The average molecular weight is 522 g/mol. The molecule has 1 unspecified atom stereocenters. The number of anilines is 1. The summed E-state index contributed by atoms with van der Waals surface area (Å²) in [5.41, 5.74) is 3.20. The number of para-hydroxylation sites is 1. The SMILES string of the molecule is CN=C(NCC1CC(=O)Nc2ccccc21)NCC(C)(C)c1ccc(OC)cc1.I. The lowest BCUT2D eigenvalue weighted by atomic mass is 9.84. The lowest BCUT2D eigenvalue weighted by Gasteiger charge is -2.29. The second-order valence-electron chi connectivity index (χ2n) is 7.96. The molecule has 0 aromatic heterocycles. The molecule has 162 valence electrons. The molecule has 2 aromatic rings. The van der Waals surface area contributed by atoms with Crippen LogP contribution in [0.2, 0.25) is 0 Å². The maximum Gasteiger partial charge on any atom is 0.225 e. The molecule has 1 amide bonds. The highest BCUT2D eigenvalue weighted by Crippen LogP contribution is 2.31. The van der Waals surface area contributed by atoms with Gasteiger partial charge in [-0.15, -0.1) is 24.0 Å². The number of nitrogens with zero attached hydrogens (tertiary/aromatic N) is 1. The summed E-state index contributed by atoms with van der Waals surface area (Å²) in [6.07, 6.45) is 0.471. The smallest absolute Gasteiger partial charge is 0.225 e. The number of rotatable bonds is 6. The minimum atomic E-state index is -0.0821. The van der Waals surface area contributed by atoms with Crippen LogP contribution in [-0.2, 0) is 10.2 Å². The molecule has 1 aliphatic rings. The number of methoxy groups -OCH3 is 1. The molecule has 3 N–H and O–H groups in total. The van der Waals surface area contributed by atoms with Crippen molar-refractivity contribution < 1.29 is 9.53 Å². The van der Waals surface area contributed by atoms with E-state index in [1.807, 2.05) is 30.3 Å². The van der Waals surface area contributed by atoms with E-state index in [4.69, 9.17) is 4.74 Å². The maximum atomic E-state index is 12.0. The molecular formula is C23H31IN4O2. The van der Waals surface area contributed by atoms with Crippen LogP contribution < -0.4 is 20.7 Å². The fraction of sp³-hybridized carbons (Fsp3) is 0.391. The van der Waals surface area contributed by atoms with E-state index in [0.29, 0.717) is 13.0 Å². The van der Waals surface area contributed by atoms with Crippen LogP contribution in [0.25, 0.3) is 0 Å². The van der Waals surface area contributed by atoms with Crippen LogP contribution in [0.3, 0.4) is 0 Å². The van der Waals surface area contributed by atoms with E-state index in [1.54, 1.807) is 14.2 Å². The highest BCUT2D eigenvalue weighted by atomic mass is 127. The Hall–Kier alpha value is -2.29. The van der Waals surface area contributed by atoms with E-state index in [0.717, 1.165) is 29.5 Å². The van der Waals surface area contributed by atoms with Crippen molar-refractivity contribution in [3.05, 3.63) is 59.7 Å². The van der Waals surface area contributed by atoms with Gasteiger partial charge < -0.3 is 20.7 Å². The summed E-state index contributed by atoms with van der Waals surface area (Å²) in [7, 11) is 3.43. The molecule has 3 rings (SSSR count). The van der Waals surface area contributed by atoms with Gasteiger partial charge in [0.1, 0.15) is 5.75 Å². The number of benzene rings is 2. The third-order valence-electron chi connectivity index (χ3n) is 5.42. The van der Waals surface area contributed by atoms with Crippen LogP contribution in [0.1, 0.15) is 37.3 Å². The summed E-state index contributed by atoms with van der Waals surface area (Å²) in [6.45, 7) is 5.75. The van der Waals surface area contributed by atoms with E-state index in [-0.39, 0.29) is 41.2 Å². The Labute approximate surface area is 195 Å². The van der Waals surface area contributed by atoms with Crippen LogP contribution in [0.4, 0.5) is 5.69 Å². The largest absolute Gasteiger partial charge is 0.497 e. The number of guanidine groups is 1. The van der Waals surface area contributed by atoms with Crippen molar-refractivity contribution in [3.63, 3.8) is 0 Å². The molecule has 0 saturated heterocycles. The van der Waals surface area contributed by atoms with E-state index in [1.165, 1.54) is 5.56 Å². The number of ether oxygens (including phenoxy) is 1. The number of aliphatic imine (C=N–C) groups is 1. The summed E-state index contributed by atoms with van der Waals surface area (Å²) in [5, 5.41) is 9.74.